The second-order valence-electron chi connectivity index (χ2n) is 6.53. The van der Waals surface area contributed by atoms with Crippen LogP contribution in [0.25, 0.3) is 0 Å². The maximum Gasteiger partial charge on any atom is 0.0521 e. The van der Waals surface area contributed by atoms with Crippen molar-refractivity contribution in [3.05, 3.63) is 0 Å². The highest BCUT2D eigenvalue weighted by atomic mass is 16.5. The molecule has 0 aromatic heterocycles. The standard InChI is InChI=1S/C15H32N2O/c1-12(2)8-17(9-13(3)4)10-14-11-18-7-6-15(14)16-5/h12-16H,6-11H2,1-5H3. The average Bonchev–Trinajstić information content (AvgIpc) is 2.27. The molecule has 0 amide bonds. The SMILES string of the molecule is CNC1CCOCC1CN(CC(C)C)CC(C)C. The van der Waals surface area contributed by atoms with Crippen LogP contribution in [0.1, 0.15) is 34.1 Å². The minimum atomic E-state index is 0.626. The summed E-state index contributed by atoms with van der Waals surface area (Å²) in [5.41, 5.74) is 0. The predicted octanol–water partition coefficient (Wildman–Crippen LogP) is 2.22. The summed E-state index contributed by atoms with van der Waals surface area (Å²) in [6, 6.07) is 0.626. The number of nitrogens with one attached hydrogen (secondary N) is 1. The smallest absolute Gasteiger partial charge is 0.0521 e. The van der Waals surface area contributed by atoms with Gasteiger partial charge in [0.1, 0.15) is 0 Å². The number of ether oxygens (including phenoxy) is 1. The van der Waals surface area contributed by atoms with Gasteiger partial charge in [-0.05, 0) is 25.3 Å². The van der Waals surface area contributed by atoms with Crippen LogP contribution >= 0.6 is 0 Å². The van der Waals surface area contributed by atoms with E-state index in [4.69, 9.17) is 4.74 Å². The highest BCUT2D eigenvalue weighted by Crippen LogP contribution is 2.17. The quantitative estimate of drug-likeness (QED) is 0.756. The van der Waals surface area contributed by atoms with Gasteiger partial charge in [-0.2, -0.15) is 0 Å². The van der Waals surface area contributed by atoms with E-state index in [0.29, 0.717) is 12.0 Å². The molecule has 18 heavy (non-hydrogen) atoms. The molecule has 1 aliphatic rings. The van der Waals surface area contributed by atoms with E-state index >= 15 is 0 Å². The van der Waals surface area contributed by atoms with Crippen molar-refractivity contribution >= 4 is 0 Å². The fraction of sp³-hybridized carbons (Fsp3) is 1.00. The maximum absolute atomic E-state index is 5.66. The third kappa shape index (κ3) is 5.68. The Labute approximate surface area is 113 Å². The molecule has 1 saturated heterocycles. The first-order chi connectivity index (χ1) is 8.52. The molecule has 2 atom stereocenters. The van der Waals surface area contributed by atoms with Crippen molar-refractivity contribution in [3.63, 3.8) is 0 Å². The van der Waals surface area contributed by atoms with Crippen LogP contribution < -0.4 is 5.32 Å². The van der Waals surface area contributed by atoms with Gasteiger partial charge in [-0.3, -0.25) is 0 Å². The van der Waals surface area contributed by atoms with Crippen LogP contribution in [0.15, 0.2) is 0 Å². The fourth-order valence-corrected chi connectivity index (χ4v) is 2.94. The molecular weight excluding hydrogens is 224 g/mol. The summed E-state index contributed by atoms with van der Waals surface area (Å²) >= 11 is 0. The number of rotatable bonds is 7. The van der Waals surface area contributed by atoms with Gasteiger partial charge in [0.05, 0.1) is 6.61 Å². The van der Waals surface area contributed by atoms with Crippen LogP contribution in [-0.2, 0) is 4.74 Å². The topological polar surface area (TPSA) is 24.5 Å². The van der Waals surface area contributed by atoms with Gasteiger partial charge in [0, 0.05) is 38.2 Å². The summed E-state index contributed by atoms with van der Waals surface area (Å²) in [7, 11) is 2.08. The molecule has 1 aliphatic heterocycles. The summed E-state index contributed by atoms with van der Waals surface area (Å²) < 4.78 is 5.66. The Balaban J connectivity index is 2.51. The second-order valence-corrected chi connectivity index (χ2v) is 6.53. The Hall–Kier alpha value is -0.120. The summed E-state index contributed by atoms with van der Waals surface area (Å²) in [4.78, 5) is 2.62. The Morgan fingerprint density at radius 1 is 1.17 bits per heavy atom. The molecule has 0 aliphatic carbocycles. The molecular formula is C15H32N2O. The van der Waals surface area contributed by atoms with Gasteiger partial charge < -0.3 is 15.0 Å². The van der Waals surface area contributed by atoms with Crippen molar-refractivity contribution in [1.29, 1.82) is 0 Å². The Morgan fingerprint density at radius 2 is 1.78 bits per heavy atom. The zero-order chi connectivity index (χ0) is 13.5. The molecule has 1 fully saturated rings. The van der Waals surface area contributed by atoms with Crippen LogP contribution in [0.3, 0.4) is 0 Å². The van der Waals surface area contributed by atoms with Crippen molar-refractivity contribution < 1.29 is 4.74 Å². The van der Waals surface area contributed by atoms with Crippen LogP contribution in [-0.4, -0.2) is 50.8 Å². The van der Waals surface area contributed by atoms with Crippen LogP contribution in [0.5, 0.6) is 0 Å². The zero-order valence-corrected chi connectivity index (χ0v) is 12.9. The zero-order valence-electron chi connectivity index (χ0n) is 12.9. The highest BCUT2D eigenvalue weighted by molar-refractivity contribution is 4.81. The lowest BCUT2D eigenvalue weighted by atomic mass is 9.94. The minimum Gasteiger partial charge on any atom is -0.381 e. The van der Waals surface area contributed by atoms with Crippen molar-refractivity contribution in [2.45, 2.75) is 40.2 Å². The molecule has 1 rings (SSSR count). The van der Waals surface area contributed by atoms with Gasteiger partial charge in [-0.15, -0.1) is 0 Å². The molecule has 1 heterocycles. The van der Waals surface area contributed by atoms with E-state index in [1.165, 1.54) is 19.6 Å². The van der Waals surface area contributed by atoms with Crippen molar-refractivity contribution in [3.8, 4) is 0 Å². The van der Waals surface area contributed by atoms with Crippen LogP contribution in [0.2, 0.25) is 0 Å². The van der Waals surface area contributed by atoms with Gasteiger partial charge in [0.25, 0.3) is 0 Å². The summed E-state index contributed by atoms with van der Waals surface area (Å²) in [6.45, 7) is 14.6. The third-order valence-corrected chi connectivity index (χ3v) is 3.58. The maximum atomic E-state index is 5.66. The largest absolute Gasteiger partial charge is 0.381 e. The molecule has 0 saturated carbocycles. The number of hydrogen-bond donors (Lipinski definition) is 1. The van der Waals surface area contributed by atoms with Crippen LogP contribution in [0, 0.1) is 17.8 Å². The summed E-state index contributed by atoms with van der Waals surface area (Å²) in [6.07, 6.45) is 1.15. The van der Waals surface area contributed by atoms with E-state index in [-0.39, 0.29) is 0 Å². The fourth-order valence-electron chi connectivity index (χ4n) is 2.94. The third-order valence-electron chi connectivity index (χ3n) is 3.58. The summed E-state index contributed by atoms with van der Waals surface area (Å²) in [5.74, 6) is 2.11. The van der Waals surface area contributed by atoms with Crippen molar-refractivity contribution in [2.24, 2.45) is 17.8 Å². The molecule has 108 valence electrons. The highest BCUT2D eigenvalue weighted by Gasteiger charge is 2.26. The van der Waals surface area contributed by atoms with E-state index < -0.39 is 0 Å². The van der Waals surface area contributed by atoms with E-state index in [2.05, 4.69) is 45.0 Å². The van der Waals surface area contributed by atoms with E-state index in [1.54, 1.807) is 0 Å². The monoisotopic (exact) mass is 256 g/mol. The number of nitrogens with zero attached hydrogens (tertiary/aromatic N) is 1. The van der Waals surface area contributed by atoms with Crippen molar-refractivity contribution in [2.75, 3.05) is 39.9 Å². The van der Waals surface area contributed by atoms with E-state index in [0.717, 1.165) is 31.5 Å². The molecule has 0 radical (unpaired) electrons. The lowest BCUT2D eigenvalue weighted by Crippen LogP contribution is -2.47. The van der Waals surface area contributed by atoms with Gasteiger partial charge in [-0.1, -0.05) is 27.7 Å². The molecule has 0 bridgehead atoms. The first kappa shape index (κ1) is 15.9. The lowest BCUT2D eigenvalue weighted by Gasteiger charge is -2.36. The van der Waals surface area contributed by atoms with Crippen LogP contribution in [0.4, 0.5) is 0 Å². The number of hydrogen-bond acceptors (Lipinski definition) is 3. The second kappa shape index (κ2) is 8.13. The molecule has 0 spiro atoms. The Morgan fingerprint density at radius 3 is 2.28 bits per heavy atom. The van der Waals surface area contributed by atoms with Gasteiger partial charge in [0.15, 0.2) is 0 Å². The average molecular weight is 256 g/mol. The molecule has 0 aromatic rings. The summed E-state index contributed by atoms with van der Waals surface area (Å²) in [5, 5.41) is 3.46. The van der Waals surface area contributed by atoms with Gasteiger partial charge >= 0.3 is 0 Å². The van der Waals surface area contributed by atoms with Gasteiger partial charge in [-0.25, -0.2) is 0 Å². The molecule has 3 heteroatoms. The molecule has 3 nitrogen and oxygen atoms in total. The molecule has 0 aromatic carbocycles. The van der Waals surface area contributed by atoms with E-state index in [9.17, 15) is 0 Å². The predicted molar refractivity (Wildman–Crippen MR) is 77.9 cm³/mol. The minimum absolute atomic E-state index is 0.626. The first-order valence-corrected chi connectivity index (χ1v) is 7.50. The first-order valence-electron chi connectivity index (χ1n) is 7.50. The molecule has 1 N–H and O–H groups in total. The van der Waals surface area contributed by atoms with Gasteiger partial charge in [0.2, 0.25) is 0 Å². The van der Waals surface area contributed by atoms with Crippen molar-refractivity contribution in [1.82, 2.24) is 10.2 Å². The Kier molecular flexibility index (Phi) is 7.20. The molecule has 2 unspecified atom stereocenters. The Bertz CT molecular complexity index is 209. The lowest BCUT2D eigenvalue weighted by molar-refractivity contribution is 0.0152. The van der Waals surface area contributed by atoms with E-state index in [1.807, 2.05) is 0 Å². The normalized spacial score (nSPS) is 25.3.